The van der Waals surface area contributed by atoms with E-state index in [0.29, 0.717) is 11.3 Å². The van der Waals surface area contributed by atoms with Crippen molar-refractivity contribution in [2.24, 2.45) is 0 Å². The molecule has 0 saturated carbocycles. The van der Waals surface area contributed by atoms with Crippen molar-refractivity contribution in [3.63, 3.8) is 0 Å². The minimum atomic E-state index is -0.313. The zero-order valence-electron chi connectivity index (χ0n) is 9.86. The summed E-state index contributed by atoms with van der Waals surface area (Å²) < 4.78 is 4.87. The molecule has 0 aliphatic heterocycles. The van der Waals surface area contributed by atoms with Crippen LogP contribution < -0.4 is 11.1 Å². The van der Waals surface area contributed by atoms with E-state index in [0.717, 1.165) is 5.69 Å². The summed E-state index contributed by atoms with van der Waals surface area (Å²) in [6, 6.07) is 6.97. The third-order valence-corrected chi connectivity index (χ3v) is 2.12. The summed E-state index contributed by atoms with van der Waals surface area (Å²) >= 11 is 0. The van der Waals surface area contributed by atoms with Crippen molar-refractivity contribution in [2.75, 3.05) is 17.7 Å². The standard InChI is InChI=1S/C12H15N3O2/c1-8(7-17-9(2)16)15-12-4-3-10(6-13)5-11(12)14/h3-5,8,15H,7,14H2,1-2H3/t8-/m0/s1. The monoisotopic (exact) mass is 233 g/mol. The van der Waals surface area contributed by atoms with Crippen molar-refractivity contribution in [3.05, 3.63) is 23.8 Å². The van der Waals surface area contributed by atoms with E-state index in [1.165, 1.54) is 6.92 Å². The molecule has 0 aromatic heterocycles. The Morgan fingerprint density at radius 3 is 2.88 bits per heavy atom. The number of nitrogen functional groups attached to an aromatic ring is 1. The Balaban J connectivity index is 2.62. The topological polar surface area (TPSA) is 88.1 Å². The van der Waals surface area contributed by atoms with Crippen LogP contribution in [0.4, 0.5) is 11.4 Å². The number of nitrogens with zero attached hydrogens (tertiary/aromatic N) is 1. The molecule has 1 rings (SSSR count). The molecule has 0 aliphatic carbocycles. The first-order valence-electron chi connectivity index (χ1n) is 5.22. The fraction of sp³-hybridized carbons (Fsp3) is 0.333. The predicted octanol–water partition coefficient (Wildman–Crippen LogP) is 1.50. The molecule has 0 spiro atoms. The van der Waals surface area contributed by atoms with E-state index < -0.39 is 0 Å². The van der Waals surface area contributed by atoms with Crippen LogP contribution in [0.5, 0.6) is 0 Å². The van der Waals surface area contributed by atoms with Gasteiger partial charge in [0.1, 0.15) is 6.61 Å². The van der Waals surface area contributed by atoms with Crippen LogP contribution in [0, 0.1) is 11.3 Å². The smallest absolute Gasteiger partial charge is 0.302 e. The third kappa shape index (κ3) is 4.03. The van der Waals surface area contributed by atoms with Gasteiger partial charge in [-0.1, -0.05) is 0 Å². The van der Waals surface area contributed by atoms with Crippen molar-refractivity contribution >= 4 is 17.3 Å². The van der Waals surface area contributed by atoms with Crippen LogP contribution in [0.2, 0.25) is 0 Å². The van der Waals surface area contributed by atoms with Crippen molar-refractivity contribution in [1.82, 2.24) is 0 Å². The fourth-order valence-corrected chi connectivity index (χ4v) is 1.31. The lowest BCUT2D eigenvalue weighted by molar-refractivity contribution is -0.141. The van der Waals surface area contributed by atoms with Crippen molar-refractivity contribution in [3.8, 4) is 6.07 Å². The zero-order valence-corrected chi connectivity index (χ0v) is 9.86. The molecule has 5 nitrogen and oxygen atoms in total. The summed E-state index contributed by atoms with van der Waals surface area (Å²) in [6.45, 7) is 3.51. The van der Waals surface area contributed by atoms with Gasteiger partial charge < -0.3 is 15.8 Å². The van der Waals surface area contributed by atoms with Gasteiger partial charge in [0.25, 0.3) is 0 Å². The molecule has 0 fully saturated rings. The highest BCUT2D eigenvalue weighted by atomic mass is 16.5. The van der Waals surface area contributed by atoms with Gasteiger partial charge >= 0.3 is 5.97 Å². The van der Waals surface area contributed by atoms with E-state index in [1.54, 1.807) is 18.2 Å². The second-order valence-electron chi connectivity index (χ2n) is 3.76. The number of hydrogen-bond acceptors (Lipinski definition) is 5. The SMILES string of the molecule is CC(=O)OC[C@H](C)Nc1ccc(C#N)cc1N. The van der Waals surface area contributed by atoms with Crippen LogP contribution in [0.3, 0.4) is 0 Å². The molecule has 17 heavy (non-hydrogen) atoms. The Morgan fingerprint density at radius 2 is 2.35 bits per heavy atom. The maximum Gasteiger partial charge on any atom is 0.302 e. The first-order chi connectivity index (χ1) is 8.02. The van der Waals surface area contributed by atoms with Crippen LogP contribution in [0.1, 0.15) is 19.4 Å². The molecule has 1 aromatic carbocycles. The molecule has 0 unspecified atom stereocenters. The maximum atomic E-state index is 10.6. The molecule has 90 valence electrons. The fourth-order valence-electron chi connectivity index (χ4n) is 1.31. The molecule has 3 N–H and O–H groups in total. The highest BCUT2D eigenvalue weighted by Gasteiger charge is 2.06. The lowest BCUT2D eigenvalue weighted by Crippen LogP contribution is -2.23. The summed E-state index contributed by atoms with van der Waals surface area (Å²) in [5.74, 6) is -0.313. The summed E-state index contributed by atoms with van der Waals surface area (Å²) in [4.78, 5) is 10.6. The molecule has 0 aliphatic rings. The third-order valence-electron chi connectivity index (χ3n) is 2.12. The van der Waals surface area contributed by atoms with Gasteiger partial charge in [0, 0.05) is 6.92 Å². The zero-order chi connectivity index (χ0) is 12.8. The van der Waals surface area contributed by atoms with E-state index >= 15 is 0 Å². The Bertz CT molecular complexity index is 452. The number of benzene rings is 1. The highest BCUT2D eigenvalue weighted by molar-refractivity contribution is 5.69. The molecule has 5 heteroatoms. The second-order valence-corrected chi connectivity index (χ2v) is 3.76. The number of nitrogens with one attached hydrogen (secondary N) is 1. The highest BCUT2D eigenvalue weighted by Crippen LogP contribution is 2.20. The number of rotatable bonds is 4. The predicted molar refractivity (Wildman–Crippen MR) is 65.3 cm³/mol. The molecular weight excluding hydrogens is 218 g/mol. The Labute approximate surface area is 100 Å². The van der Waals surface area contributed by atoms with Gasteiger partial charge in [-0.05, 0) is 25.1 Å². The first kappa shape index (κ1) is 12.8. The molecule has 0 radical (unpaired) electrons. The molecule has 1 aromatic rings. The van der Waals surface area contributed by atoms with Gasteiger partial charge in [-0.3, -0.25) is 4.79 Å². The van der Waals surface area contributed by atoms with Crippen LogP contribution in [0.25, 0.3) is 0 Å². The van der Waals surface area contributed by atoms with E-state index in [1.807, 2.05) is 13.0 Å². The number of carbonyl (C=O) groups excluding carboxylic acids is 1. The summed E-state index contributed by atoms with van der Waals surface area (Å²) in [5, 5.41) is 11.8. The average molecular weight is 233 g/mol. The molecular formula is C12H15N3O2. The van der Waals surface area contributed by atoms with Gasteiger partial charge in [-0.2, -0.15) is 5.26 Å². The lowest BCUT2D eigenvalue weighted by Gasteiger charge is -2.16. The van der Waals surface area contributed by atoms with E-state index in [2.05, 4.69) is 5.32 Å². The quantitative estimate of drug-likeness (QED) is 0.607. The van der Waals surface area contributed by atoms with Crippen LogP contribution in [-0.4, -0.2) is 18.6 Å². The van der Waals surface area contributed by atoms with Crippen LogP contribution in [-0.2, 0) is 9.53 Å². The number of esters is 1. The largest absolute Gasteiger partial charge is 0.464 e. The normalized spacial score (nSPS) is 11.4. The number of anilines is 2. The Kier molecular flexibility index (Phi) is 4.35. The van der Waals surface area contributed by atoms with E-state index in [-0.39, 0.29) is 18.6 Å². The van der Waals surface area contributed by atoms with Crippen molar-refractivity contribution in [2.45, 2.75) is 19.9 Å². The van der Waals surface area contributed by atoms with Crippen molar-refractivity contribution < 1.29 is 9.53 Å². The molecule has 0 saturated heterocycles. The summed E-state index contributed by atoms with van der Waals surface area (Å²) in [6.07, 6.45) is 0. The van der Waals surface area contributed by atoms with Gasteiger partial charge in [0.2, 0.25) is 0 Å². The first-order valence-corrected chi connectivity index (χ1v) is 5.22. The Morgan fingerprint density at radius 1 is 1.65 bits per heavy atom. The molecule has 0 heterocycles. The van der Waals surface area contributed by atoms with E-state index in [4.69, 9.17) is 15.7 Å². The minimum Gasteiger partial charge on any atom is -0.464 e. The van der Waals surface area contributed by atoms with Gasteiger partial charge in [0.15, 0.2) is 0 Å². The average Bonchev–Trinajstić information content (AvgIpc) is 2.29. The number of hydrogen-bond donors (Lipinski definition) is 2. The van der Waals surface area contributed by atoms with Gasteiger partial charge in [-0.15, -0.1) is 0 Å². The van der Waals surface area contributed by atoms with E-state index in [9.17, 15) is 4.79 Å². The van der Waals surface area contributed by atoms with Gasteiger partial charge in [-0.25, -0.2) is 0 Å². The summed E-state index contributed by atoms with van der Waals surface area (Å²) in [7, 11) is 0. The number of carbonyl (C=O) groups is 1. The van der Waals surface area contributed by atoms with Gasteiger partial charge in [0.05, 0.1) is 29.0 Å². The van der Waals surface area contributed by atoms with Crippen molar-refractivity contribution in [1.29, 1.82) is 5.26 Å². The minimum absolute atomic E-state index is 0.0471. The number of nitrogens with two attached hydrogens (primary N) is 1. The molecule has 0 bridgehead atoms. The van der Waals surface area contributed by atoms with Crippen LogP contribution in [0.15, 0.2) is 18.2 Å². The molecule has 1 atom stereocenters. The number of nitriles is 1. The number of ether oxygens (including phenoxy) is 1. The Hall–Kier alpha value is -2.22. The maximum absolute atomic E-state index is 10.6. The molecule has 0 amide bonds. The van der Waals surface area contributed by atoms with Crippen LogP contribution >= 0.6 is 0 Å². The lowest BCUT2D eigenvalue weighted by atomic mass is 10.2. The summed E-state index contributed by atoms with van der Waals surface area (Å²) in [5.41, 5.74) is 7.52. The second kappa shape index (κ2) is 5.75.